The first-order valence-corrected chi connectivity index (χ1v) is 9.28. The van der Waals surface area contributed by atoms with Gasteiger partial charge in [-0.15, -0.1) is 0 Å². The Morgan fingerprint density at radius 1 is 1.11 bits per heavy atom. The Kier molecular flexibility index (Phi) is 7.92. The van der Waals surface area contributed by atoms with E-state index in [-0.39, 0.29) is 5.91 Å². The molecule has 1 heterocycles. The molecule has 6 heteroatoms. The molecule has 0 spiro atoms. The number of carbonyl (C=O) groups excluding carboxylic acids is 1. The van der Waals surface area contributed by atoms with Gasteiger partial charge in [0.25, 0.3) is 0 Å². The number of hydrogen-bond donors (Lipinski definition) is 1. The Hall–Kier alpha value is -2.76. The Balaban J connectivity index is 1.91. The quantitative estimate of drug-likeness (QED) is 0.695. The number of aryl methyl sites for hydroxylation is 1. The SMILES string of the molecule is CCN(CC)c1cc(CCC(=O)NCc2cc(OC)ccc2OC)ccn1. The lowest BCUT2D eigenvalue weighted by Crippen LogP contribution is -2.24. The van der Waals surface area contributed by atoms with E-state index in [1.807, 2.05) is 30.5 Å². The molecule has 1 aromatic carbocycles. The summed E-state index contributed by atoms with van der Waals surface area (Å²) >= 11 is 0. The van der Waals surface area contributed by atoms with E-state index in [0.29, 0.717) is 19.4 Å². The topological polar surface area (TPSA) is 63.7 Å². The number of nitrogens with zero attached hydrogens (tertiary/aromatic N) is 2. The summed E-state index contributed by atoms with van der Waals surface area (Å²) in [5.74, 6) is 2.43. The molecule has 0 radical (unpaired) electrons. The van der Waals surface area contributed by atoms with E-state index in [9.17, 15) is 4.79 Å². The predicted octanol–water partition coefficient (Wildman–Crippen LogP) is 3.19. The van der Waals surface area contributed by atoms with Gasteiger partial charge in [-0.05, 0) is 56.2 Å². The van der Waals surface area contributed by atoms with Gasteiger partial charge in [0.15, 0.2) is 0 Å². The summed E-state index contributed by atoms with van der Waals surface area (Å²) in [4.78, 5) is 18.9. The molecule has 6 nitrogen and oxygen atoms in total. The second kappa shape index (κ2) is 10.4. The Labute approximate surface area is 161 Å². The lowest BCUT2D eigenvalue weighted by molar-refractivity contribution is -0.121. The second-order valence-electron chi connectivity index (χ2n) is 6.15. The molecule has 2 aromatic rings. The smallest absolute Gasteiger partial charge is 0.220 e. The molecule has 27 heavy (non-hydrogen) atoms. The largest absolute Gasteiger partial charge is 0.497 e. The van der Waals surface area contributed by atoms with Crippen molar-refractivity contribution < 1.29 is 14.3 Å². The third-order valence-corrected chi connectivity index (χ3v) is 4.50. The molecule has 0 aliphatic carbocycles. The van der Waals surface area contributed by atoms with Crippen molar-refractivity contribution in [3.63, 3.8) is 0 Å². The van der Waals surface area contributed by atoms with Gasteiger partial charge in [0, 0.05) is 37.8 Å². The zero-order valence-electron chi connectivity index (χ0n) is 16.6. The highest BCUT2D eigenvalue weighted by Gasteiger charge is 2.09. The first-order valence-electron chi connectivity index (χ1n) is 9.28. The molecule has 2 rings (SSSR count). The maximum absolute atomic E-state index is 12.3. The third kappa shape index (κ3) is 5.88. The number of ether oxygens (including phenoxy) is 2. The van der Waals surface area contributed by atoms with Gasteiger partial charge in [-0.3, -0.25) is 4.79 Å². The van der Waals surface area contributed by atoms with Crippen LogP contribution in [0.4, 0.5) is 5.82 Å². The molecule has 0 bridgehead atoms. The van der Waals surface area contributed by atoms with Crippen LogP contribution in [0.3, 0.4) is 0 Å². The van der Waals surface area contributed by atoms with Crippen molar-refractivity contribution in [1.82, 2.24) is 10.3 Å². The molecule has 1 amide bonds. The highest BCUT2D eigenvalue weighted by Crippen LogP contribution is 2.23. The number of carbonyl (C=O) groups is 1. The number of benzene rings is 1. The number of nitrogens with one attached hydrogen (secondary N) is 1. The maximum atomic E-state index is 12.3. The number of hydrogen-bond acceptors (Lipinski definition) is 5. The fourth-order valence-electron chi connectivity index (χ4n) is 2.90. The summed E-state index contributed by atoms with van der Waals surface area (Å²) in [5, 5.41) is 2.95. The number of rotatable bonds is 10. The van der Waals surface area contributed by atoms with Crippen molar-refractivity contribution in [3.8, 4) is 11.5 Å². The molecule has 0 fully saturated rings. The number of amides is 1. The maximum Gasteiger partial charge on any atom is 0.220 e. The summed E-state index contributed by atoms with van der Waals surface area (Å²) in [6.07, 6.45) is 2.91. The van der Waals surface area contributed by atoms with Crippen LogP contribution in [0, 0.1) is 0 Å². The third-order valence-electron chi connectivity index (χ3n) is 4.50. The van der Waals surface area contributed by atoms with Gasteiger partial charge in [0.1, 0.15) is 17.3 Å². The van der Waals surface area contributed by atoms with Crippen LogP contribution in [0.15, 0.2) is 36.5 Å². The van der Waals surface area contributed by atoms with Crippen molar-refractivity contribution in [3.05, 3.63) is 47.7 Å². The minimum Gasteiger partial charge on any atom is -0.497 e. The fraction of sp³-hybridized carbons (Fsp3) is 0.429. The van der Waals surface area contributed by atoms with E-state index in [1.165, 1.54) is 0 Å². The summed E-state index contributed by atoms with van der Waals surface area (Å²) < 4.78 is 10.6. The molecule has 0 aliphatic rings. The molecule has 1 N–H and O–H groups in total. The summed E-state index contributed by atoms with van der Waals surface area (Å²) in [6, 6.07) is 9.57. The monoisotopic (exact) mass is 371 g/mol. The summed E-state index contributed by atoms with van der Waals surface area (Å²) in [5.41, 5.74) is 2.00. The molecule has 0 saturated carbocycles. The molecule has 0 saturated heterocycles. The summed E-state index contributed by atoms with van der Waals surface area (Å²) in [7, 11) is 3.23. The van der Waals surface area contributed by atoms with E-state index in [0.717, 1.165) is 41.5 Å². The van der Waals surface area contributed by atoms with Crippen LogP contribution >= 0.6 is 0 Å². The van der Waals surface area contributed by atoms with Crippen LogP contribution in [0.1, 0.15) is 31.4 Å². The van der Waals surface area contributed by atoms with Gasteiger partial charge in [0.2, 0.25) is 5.91 Å². The van der Waals surface area contributed by atoms with Gasteiger partial charge in [-0.2, -0.15) is 0 Å². The lowest BCUT2D eigenvalue weighted by atomic mass is 10.1. The van der Waals surface area contributed by atoms with Crippen LogP contribution in [-0.4, -0.2) is 38.2 Å². The number of anilines is 1. The van der Waals surface area contributed by atoms with Crippen molar-refractivity contribution in [2.45, 2.75) is 33.2 Å². The standard InChI is InChI=1S/C21H29N3O3/c1-5-24(6-2)20-13-16(11-12-22-20)7-10-21(25)23-15-17-14-18(26-3)8-9-19(17)27-4/h8-9,11-14H,5-7,10,15H2,1-4H3,(H,23,25). The van der Waals surface area contributed by atoms with Gasteiger partial charge < -0.3 is 19.7 Å². The van der Waals surface area contributed by atoms with Crippen LogP contribution < -0.4 is 19.7 Å². The fourth-order valence-corrected chi connectivity index (χ4v) is 2.90. The average molecular weight is 371 g/mol. The van der Waals surface area contributed by atoms with E-state index in [4.69, 9.17) is 9.47 Å². The molecule has 1 aromatic heterocycles. The normalized spacial score (nSPS) is 10.4. The molecule has 0 aliphatic heterocycles. The second-order valence-corrected chi connectivity index (χ2v) is 6.15. The zero-order chi connectivity index (χ0) is 19.6. The van der Waals surface area contributed by atoms with Gasteiger partial charge in [0.05, 0.1) is 14.2 Å². The number of pyridine rings is 1. The van der Waals surface area contributed by atoms with Gasteiger partial charge in [-0.25, -0.2) is 4.98 Å². The molecular formula is C21H29N3O3. The van der Waals surface area contributed by atoms with Crippen molar-refractivity contribution in [2.24, 2.45) is 0 Å². The summed E-state index contributed by atoms with van der Waals surface area (Å²) in [6.45, 7) is 6.45. The van der Waals surface area contributed by atoms with Gasteiger partial charge >= 0.3 is 0 Å². The van der Waals surface area contributed by atoms with E-state index < -0.39 is 0 Å². The van der Waals surface area contributed by atoms with Crippen LogP contribution in [-0.2, 0) is 17.8 Å². The molecule has 146 valence electrons. The first-order chi connectivity index (χ1) is 13.1. The molecule has 0 unspecified atom stereocenters. The number of aromatic nitrogens is 1. The molecular weight excluding hydrogens is 342 g/mol. The minimum atomic E-state index is 0.000995. The van der Waals surface area contributed by atoms with Crippen molar-refractivity contribution >= 4 is 11.7 Å². The highest BCUT2D eigenvalue weighted by atomic mass is 16.5. The van der Waals surface area contributed by atoms with Crippen LogP contribution in [0.25, 0.3) is 0 Å². The zero-order valence-corrected chi connectivity index (χ0v) is 16.6. The van der Waals surface area contributed by atoms with E-state index in [1.54, 1.807) is 14.2 Å². The number of methoxy groups -OCH3 is 2. The Bertz CT molecular complexity index is 745. The highest BCUT2D eigenvalue weighted by molar-refractivity contribution is 5.76. The van der Waals surface area contributed by atoms with E-state index >= 15 is 0 Å². The first kappa shape index (κ1) is 20.6. The van der Waals surface area contributed by atoms with Gasteiger partial charge in [-0.1, -0.05) is 0 Å². The predicted molar refractivity (Wildman–Crippen MR) is 108 cm³/mol. The lowest BCUT2D eigenvalue weighted by Gasteiger charge is -2.20. The van der Waals surface area contributed by atoms with Crippen LogP contribution in [0.2, 0.25) is 0 Å². The molecule has 0 atom stereocenters. The van der Waals surface area contributed by atoms with E-state index in [2.05, 4.69) is 35.1 Å². The Morgan fingerprint density at radius 3 is 2.56 bits per heavy atom. The van der Waals surface area contributed by atoms with Crippen molar-refractivity contribution in [2.75, 3.05) is 32.2 Å². The van der Waals surface area contributed by atoms with Crippen molar-refractivity contribution in [1.29, 1.82) is 0 Å². The Morgan fingerprint density at radius 2 is 1.89 bits per heavy atom. The van der Waals surface area contributed by atoms with Crippen LogP contribution in [0.5, 0.6) is 11.5 Å². The average Bonchev–Trinajstić information content (AvgIpc) is 2.71. The minimum absolute atomic E-state index is 0.000995.